The largest absolute Gasteiger partial charge is 0.334 e. The normalized spacial score (nSPS) is 14.7. The molecular weight excluding hydrogens is 286 g/mol. The third-order valence-electron chi connectivity index (χ3n) is 4.71. The molecule has 116 valence electrons. The number of carbonyl (C=O) groups excluding carboxylic acids is 1. The molecule has 0 unspecified atom stereocenters. The molecule has 23 heavy (non-hydrogen) atoms. The summed E-state index contributed by atoms with van der Waals surface area (Å²) in [5, 5.41) is 2.99. The van der Waals surface area contributed by atoms with Crippen molar-refractivity contribution in [1.29, 1.82) is 0 Å². The molecule has 1 amide bonds. The summed E-state index contributed by atoms with van der Waals surface area (Å²) in [5.74, 6) is 0.571. The molecule has 0 atom stereocenters. The first-order chi connectivity index (χ1) is 11.2. The highest BCUT2D eigenvalue weighted by Gasteiger charge is 2.20. The second-order valence-electron chi connectivity index (χ2n) is 6.27. The molecule has 1 saturated carbocycles. The maximum atomic E-state index is 12.5. The molecule has 1 aliphatic rings. The minimum atomic E-state index is -0.0623. The number of imidazole rings is 1. The zero-order valence-electron chi connectivity index (χ0n) is 13.1. The van der Waals surface area contributed by atoms with Gasteiger partial charge in [-0.25, -0.2) is 4.98 Å². The summed E-state index contributed by atoms with van der Waals surface area (Å²) in [6, 6.07) is 13.8. The van der Waals surface area contributed by atoms with Crippen LogP contribution in [0.25, 0.3) is 11.0 Å². The van der Waals surface area contributed by atoms with Crippen molar-refractivity contribution in [3.63, 3.8) is 0 Å². The monoisotopic (exact) mass is 305 g/mol. The molecular formula is C19H19N3O. The average molecular weight is 305 g/mol. The molecule has 0 saturated heterocycles. The predicted octanol–water partition coefficient (Wildman–Crippen LogP) is 4.09. The third-order valence-corrected chi connectivity index (χ3v) is 4.71. The smallest absolute Gasteiger partial charge is 0.255 e. The Hall–Kier alpha value is -2.62. The van der Waals surface area contributed by atoms with E-state index in [1.165, 1.54) is 24.8 Å². The average Bonchev–Trinajstić information content (AvgIpc) is 2.87. The van der Waals surface area contributed by atoms with Gasteiger partial charge in [0.15, 0.2) is 0 Å². The van der Waals surface area contributed by atoms with Gasteiger partial charge in [0.2, 0.25) is 0 Å². The van der Waals surface area contributed by atoms with Gasteiger partial charge in [0.25, 0.3) is 5.91 Å². The van der Waals surface area contributed by atoms with Gasteiger partial charge in [-0.2, -0.15) is 0 Å². The molecule has 1 N–H and O–H groups in total. The molecule has 2 aromatic carbocycles. The van der Waals surface area contributed by atoms with Gasteiger partial charge in [0.05, 0.1) is 17.4 Å². The van der Waals surface area contributed by atoms with Gasteiger partial charge < -0.3 is 9.88 Å². The minimum absolute atomic E-state index is 0.0623. The maximum absolute atomic E-state index is 12.5. The Morgan fingerprint density at radius 2 is 2.09 bits per heavy atom. The van der Waals surface area contributed by atoms with E-state index in [9.17, 15) is 4.79 Å². The lowest BCUT2D eigenvalue weighted by atomic mass is 9.80. The van der Waals surface area contributed by atoms with Crippen LogP contribution in [0, 0.1) is 0 Å². The number of carbonyl (C=O) groups is 1. The topological polar surface area (TPSA) is 46.9 Å². The summed E-state index contributed by atoms with van der Waals surface area (Å²) in [6.07, 6.45) is 5.55. The van der Waals surface area contributed by atoms with Crippen molar-refractivity contribution in [2.75, 3.05) is 5.32 Å². The number of nitrogens with one attached hydrogen (secondary N) is 1. The highest BCUT2D eigenvalue weighted by molar-refractivity contribution is 6.05. The lowest BCUT2D eigenvalue weighted by Gasteiger charge is -2.26. The van der Waals surface area contributed by atoms with E-state index in [1.807, 2.05) is 48.0 Å². The van der Waals surface area contributed by atoms with Crippen molar-refractivity contribution in [2.45, 2.75) is 25.2 Å². The van der Waals surface area contributed by atoms with Gasteiger partial charge >= 0.3 is 0 Å². The SMILES string of the molecule is Cn1cnc2ccc(NC(=O)c3cccc(C4CCC4)c3)cc21. The molecule has 1 aromatic heterocycles. The van der Waals surface area contributed by atoms with Crippen LogP contribution >= 0.6 is 0 Å². The molecule has 4 nitrogen and oxygen atoms in total. The summed E-state index contributed by atoms with van der Waals surface area (Å²) in [6.45, 7) is 0. The number of rotatable bonds is 3. The molecule has 0 aliphatic heterocycles. The van der Waals surface area contributed by atoms with Crippen LogP contribution in [0.1, 0.15) is 41.1 Å². The molecule has 1 aliphatic carbocycles. The van der Waals surface area contributed by atoms with E-state index >= 15 is 0 Å². The van der Waals surface area contributed by atoms with Crippen molar-refractivity contribution in [3.05, 3.63) is 59.9 Å². The highest BCUT2D eigenvalue weighted by Crippen LogP contribution is 2.36. The number of hydrogen-bond acceptors (Lipinski definition) is 2. The predicted molar refractivity (Wildman–Crippen MR) is 91.7 cm³/mol. The Bertz CT molecular complexity index is 877. The van der Waals surface area contributed by atoms with Gasteiger partial charge in [-0.1, -0.05) is 18.6 Å². The zero-order valence-corrected chi connectivity index (χ0v) is 13.1. The lowest BCUT2D eigenvalue weighted by Crippen LogP contribution is -2.14. The summed E-state index contributed by atoms with van der Waals surface area (Å²) in [5.41, 5.74) is 4.73. The molecule has 1 heterocycles. The fourth-order valence-electron chi connectivity index (χ4n) is 3.08. The van der Waals surface area contributed by atoms with Crippen LogP contribution < -0.4 is 5.32 Å². The number of anilines is 1. The van der Waals surface area contributed by atoms with Crippen molar-refractivity contribution in [1.82, 2.24) is 9.55 Å². The Morgan fingerprint density at radius 3 is 2.87 bits per heavy atom. The van der Waals surface area contributed by atoms with Crippen LogP contribution in [-0.2, 0) is 7.05 Å². The van der Waals surface area contributed by atoms with Crippen LogP contribution in [0.2, 0.25) is 0 Å². The van der Waals surface area contributed by atoms with Gasteiger partial charge in [-0.15, -0.1) is 0 Å². The van der Waals surface area contributed by atoms with E-state index in [0.717, 1.165) is 22.3 Å². The van der Waals surface area contributed by atoms with Crippen molar-refractivity contribution in [3.8, 4) is 0 Å². The third kappa shape index (κ3) is 2.61. The van der Waals surface area contributed by atoms with E-state index in [2.05, 4.69) is 16.4 Å². The van der Waals surface area contributed by atoms with Gasteiger partial charge in [0.1, 0.15) is 0 Å². The number of nitrogens with zero attached hydrogens (tertiary/aromatic N) is 2. The fourth-order valence-corrected chi connectivity index (χ4v) is 3.08. The Balaban J connectivity index is 1.57. The number of amides is 1. The number of hydrogen-bond donors (Lipinski definition) is 1. The maximum Gasteiger partial charge on any atom is 0.255 e. The first-order valence-electron chi connectivity index (χ1n) is 8.03. The quantitative estimate of drug-likeness (QED) is 0.792. The number of fused-ring (bicyclic) bond motifs is 1. The lowest BCUT2D eigenvalue weighted by molar-refractivity contribution is 0.102. The second kappa shape index (κ2) is 5.54. The second-order valence-corrected chi connectivity index (χ2v) is 6.27. The van der Waals surface area contributed by atoms with Crippen molar-refractivity contribution in [2.24, 2.45) is 7.05 Å². The summed E-state index contributed by atoms with van der Waals surface area (Å²) in [4.78, 5) is 16.8. The molecule has 0 spiro atoms. The molecule has 3 aromatic rings. The standard InChI is InChI=1S/C19H19N3O/c1-22-12-20-17-9-8-16(11-18(17)22)21-19(23)15-7-3-6-14(10-15)13-4-2-5-13/h3,6-13H,2,4-5H2,1H3,(H,21,23). The van der Waals surface area contributed by atoms with Crippen LogP contribution in [0.15, 0.2) is 48.8 Å². The molecule has 4 heteroatoms. The van der Waals surface area contributed by atoms with Gasteiger partial charge in [-0.3, -0.25) is 4.79 Å². The van der Waals surface area contributed by atoms with E-state index < -0.39 is 0 Å². The zero-order chi connectivity index (χ0) is 15.8. The minimum Gasteiger partial charge on any atom is -0.334 e. The van der Waals surface area contributed by atoms with Crippen molar-refractivity contribution < 1.29 is 4.79 Å². The number of aromatic nitrogens is 2. The van der Waals surface area contributed by atoms with Gasteiger partial charge in [-0.05, 0) is 54.7 Å². The van der Waals surface area contributed by atoms with Crippen LogP contribution in [0.4, 0.5) is 5.69 Å². The molecule has 0 radical (unpaired) electrons. The Labute approximate surface area is 135 Å². The molecule has 1 fully saturated rings. The summed E-state index contributed by atoms with van der Waals surface area (Å²) in [7, 11) is 1.95. The van der Waals surface area contributed by atoms with Crippen LogP contribution in [0.5, 0.6) is 0 Å². The first kappa shape index (κ1) is 14.0. The van der Waals surface area contributed by atoms with Gasteiger partial charge in [0, 0.05) is 18.3 Å². The van der Waals surface area contributed by atoms with E-state index in [4.69, 9.17) is 0 Å². The van der Waals surface area contributed by atoms with E-state index in [-0.39, 0.29) is 5.91 Å². The van der Waals surface area contributed by atoms with Crippen LogP contribution in [0.3, 0.4) is 0 Å². The molecule has 0 bridgehead atoms. The van der Waals surface area contributed by atoms with Crippen molar-refractivity contribution >= 4 is 22.6 Å². The summed E-state index contributed by atoms with van der Waals surface area (Å²) >= 11 is 0. The molecule has 4 rings (SSSR count). The van der Waals surface area contributed by atoms with Crippen LogP contribution in [-0.4, -0.2) is 15.5 Å². The number of benzene rings is 2. The number of aryl methyl sites for hydroxylation is 1. The van der Waals surface area contributed by atoms with E-state index in [0.29, 0.717) is 5.92 Å². The fraction of sp³-hybridized carbons (Fsp3) is 0.263. The van der Waals surface area contributed by atoms with E-state index in [1.54, 1.807) is 6.33 Å². The Kier molecular flexibility index (Phi) is 3.37. The highest BCUT2D eigenvalue weighted by atomic mass is 16.1. The first-order valence-corrected chi connectivity index (χ1v) is 8.03. The Morgan fingerprint density at radius 1 is 1.22 bits per heavy atom. The summed E-state index contributed by atoms with van der Waals surface area (Å²) < 4.78 is 1.95.